The van der Waals surface area contributed by atoms with E-state index in [1.807, 2.05) is 0 Å². The Morgan fingerprint density at radius 1 is 0.435 bits per heavy atom. The number of ketones is 1. The minimum atomic E-state index is -1.46. The minimum Gasteiger partial charge on any atom is -0.292 e. The van der Waals surface area contributed by atoms with Crippen LogP contribution in [0, 0.1) is 0 Å². The van der Waals surface area contributed by atoms with Crippen LogP contribution in [0.15, 0.2) is 36.4 Å². The van der Waals surface area contributed by atoms with Gasteiger partial charge in [0.25, 0.3) is 0 Å². The predicted molar refractivity (Wildman–Crippen MR) is 161 cm³/mol. The molecule has 2 aromatic carbocycles. The summed E-state index contributed by atoms with van der Waals surface area (Å²) in [4.78, 5) is 109. The maximum Gasteiger partial charge on any atom is 0.374 e. The van der Waals surface area contributed by atoms with E-state index in [1.54, 1.807) is 101 Å². The number of benzene rings is 2. The van der Waals surface area contributed by atoms with Gasteiger partial charge in [0.1, 0.15) is 22.4 Å². The van der Waals surface area contributed by atoms with Gasteiger partial charge in [-0.25, -0.2) is 19.2 Å². The van der Waals surface area contributed by atoms with Crippen molar-refractivity contribution in [2.45, 2.75) is 105 Å². The van der Waals surface area contributed by atoms with Crippen molar-refractivity contribution in [2.75, 3.05) is 0 Å². The largest absolute Gasteiger partial charge is 0.374 e. The molecule has 0 fully saturated rings. The van der Waals surface area contributed by atoms with E-state index >= 15 is 0 Å². The van der Waals surface area contributed by atoms with Crippen molar-refractivity contribution in [3.05, 3.63) is 69.8 Å². The first-order chi connectivity index (χ1) is 20.9. The van der Waals surface area contributed by atoms with Crippen molar-refractivity contribution in [1.82, 2.24) is 0 Å². The molecule has 13 heteroatoms. The van der Waals surface area contributed by atoms with Gasteiger partial charge in [0.2, 0.25) is 0 Å². The molecule has 0 bridgehead atoms. The molecule has 252 valence electrons. The Bertz CT molecular complexity index is 1450. The van der Waals surface area contributed by atoms with Gasteiger partial charge >= 0.3 is 23.9 Å². The van der Waals surface area contributed by atoms with Crippen molar-refractivity contribution in [1.29, 1.82) is 0 Å². The highest BCUT2D eigenvalue weighted by Crippen LogP contribution is 2.31. The van der Waals surface area contributed by atoms with Gasteiger partial charge in [0.05, 0.1) is 22.3 Å². The summed E-state index contributed by atoms with van der Waals surface area (Å²) in [7, 11) is 0. The molecule has 2 aromatic rings. The normalized spacial score (nSPS) is 12.3. The number of carbonyl (C=O) groups is 5. The molecule has 0 radical (unpaired) electrons. The summed E-state index contributed by atoms with van der Waals surface area (Å²) in [5, 5.41) is 0. The molecule has 0 unspecified atom stereocenters. The molecule has 0 saturated heterocycles. The quantitative estimate of drug-likeness (QED) is 0.157. The zero-order valence-corrected chi connectivity index (χ0v) is 28.3. The van der Waals surface area contributed by atoms with Crippen LogP contribution in [0.2, 0.25) is 0 Å². The minimum absolute atomic E-state index is 0.0511. The molecule has 0 aliphatic rings. The molecule has 0 aromatic heterocycles. The van der Waals surface area contributed by atoms with Crippen molar-refractivity contribution in [3.63, 3.8) is 0 Å². The average molecular weight is 647 g/mol. The van der Waals surface area contributed by atoms with Gasteiger partial charge in [0.15, 0.2) is 5.78 Å². The third-order valence-electron chi connectivity index (χ3n) is 4.91. The number of carbonyl (C=O) groups excluding carboxylic acids is 5. The Morgan fingerprint density at radius 3 is 1.13 bits per heavy atom. The standard InChI is InChI=1S/C33H42O13/c1-30(2,3)43-39-26(35)21-18-20(25(34)19-16-14-13-15-17-19)22(27(36)40-44-31(4,5)6)24(29(38)42-46-33(10,11)12)23(21)28(37)41-45-32(7,8)9/h13-18H,1-12H3. The number of hydrogen-bond acceptors (Lipinski definition) is 13. The van der Waals surface area contributed by atoms with Crippen LogP contribution < -0.4 is 0 Å². The van der Waals surface area contributed by atoms with Gasteiger partial charge in [-0.05, 0) is 89.2 Å². The van der Waals surface area contributed by atoms with Crippen LogP contribution in [0.5, 0.6) is 0 Å². The van der Waals surface area contributed by atoms with Gasteiger partial charge < -0.3 is 0 Å². The predicted octanol–water partition coefficient (Wildman–Crippen LogP) is 6.47. The van der Waals surface area contributed by atoms with Crippen molar-refractivity contribution < 1.29 is 63.1 Å². The second kappa shape index (κ2) is 14.5. The lowest BCUT2D eigenvalue weighted by Crippen LogP contribution is -2.31. The topological polar surface area (TPSA) is 159 Å². The Morgan fingerprint density at radius 2 is 0.761 bits per heavy atom. The first-order valence-corrected chi connectivity index (χ1v) is 14.3. The van der Waals surface area contributed by atoms with Gasteiger partial charge in [-0.15, -0.1) is 0 Å². The molecule has 0 aliphatic carbocycles. The summed E-state index contributed by atoms with van der Waals surface area (Å²) in [6.07, 6.45) is 0. The SMILES string of the molecule is CC(C)(C)OOC(=O)c1cc(C(=O)c2ccccc2)c(C(=O)OOC(C)(C)C)c(C(=O)OOC(C)(C)C)c1C(=O)OOC(C)(C)C. The van der Waals surface area contributed by atoms with Gasteiger partial charge in [-0.2, -0.15) is 19.6 Å². The van der Waals surface area contributed by atoms with Crippen LogP contribution in [0.3, 0.4) is 0 Å². The van der Waals surface area contributed by atoms with E-state index in [9.17, 15) is 24.0 Å². The highest BCUT2D eigenvalue weighted by atomic mass is 17.2. The molecule has 2 rings (SSSR count). The molecule has 0 atom stereocenters. The van der Waals surface area contributed by atoms with E-state index in [0.717, 1.165) is 6.07 Å². The van der Waals surface area contributed by atoms with Gasteiger partial charge in [-0.1, -0.05) is 30.3 Å². The van der Waals surface area contributed by atoms with Gasteiger partial charge in [-0.3, -0.25) is 24.3 Å². The number of rotatable bonds is 10. The van der Waals surface area contributed by atoms with E-state index in [-0.39, 0.29) is 5.56 Å². The molecule has 0 aliphatic heterocycles. The van der Waals surface area contributed by atoms with Crippen LogP contribution in [0.1, 0.15) is 140 Å². The second-order valence-corrected chi connectivity index (χ2v) is 14.1. The summed E-state index contributed by atoms with van der Waals surface area (Å²) in [6.45, 7) is 18.8. The van der Waals surface area contributed by atoms with Crippen LogP contribution >= 0.6 is 0 Å². The lowest BCUT2D eigenvalue weighted by atomic mass is 9.87. The summed E-state index contributed by atoms with van der Waals surface area (Å²) < 4.78 is 0. The Kier molecular flexibility index (Phi) is 12.0. The fourth-order valence-electron chi connectivity index (χ4n) is 3.22. The monoisotopic (exact) mass is 646 g/mol. The maximum absolute atomic E-state index is 13.9. The Balaban J connectivity index is 3.08. The van der Waals surface area contributed by atoms with E-state index < -0.39 is 79.9 Å². The van der Waals surface area contributed by atoms with Crippen molar-refractivity contribution in [2.24, 2.45) is 0 Å². The zero-order chi connectivity index (χ0) is 35.3. The lowest BCUT2D eigenvalue weighted by Gasteiger charge is -2.23. The molecule has 0 spiro atoms. The molecular formula is C33H42O13. The second-order valence-electron chi connectivity index (χ2n) is 14.1. The van der Waals surface area contributed by atoms with Crippen molar-refractivity contribution >= 4 is 29.7 Å². The fourth-order valence-corrected chi connectivity index (χ4v) is 3.22. The molecule has 0 heterocycles. The smallest absolute Gasteiger partial charge is 0.292 e. The summed E-state index contributed by atoms with van der Waals surface area (Å²) in [6, 6.07) is 8.52. The number of hydrogen-bond donors (Lipinski definition) is 0. The van der Waals surface area contributed by atoms with Crippen molar-refractivity contribution in [3.8, 4) is 0 Å². The fraction of sp³-hybridized carbons (Fsp3) is 0.485. The third-order valence-corrected chi connectivity index (χ3v) is 4.91. The highest BCUT2D eigenvalue weighted by molar-refractivity contribution is 6.22. The van der Waals surface area contributed by atoms with E-state index in [2.05, 4.69) is 0 Å². The molecule has 13 nitrogen and oxygen atoms in total. The summed E-state index contributed by atoms with van der Waals surface area (Å²) >= 11 is 0. The lowest BCUT2D eigenvalue weighted by molar-refractivity contribution is -0.303. The maximum atomic E-state index is 13.9. The molecule has 0 amide bonds. The zero-order valence-electron chi connectivity index (χ0n) is 28.3. The third kappa shape index (κ3) is 11.6. The van der Waals surface area contributed by atoms with Crippen LogP contribution in [-0.4, -0.2) is 52.1 Å². The molecular weight excluding hydrogens is 604 g/mol. The van der Waals surface area contributed by atoms with Gasteiger partial charge in [0, 0.05) is 11.1 Å². The first-order valence-electron chi connectivity index (χ1n) is 14.3. The van der Waals surface area contributed by atoms with E-state index in [0.29, 0.717) is 0 Å². The van der Waals surface area contributed by atoms with E-state index in [1.165, 1.54) is 12.1 Å². The highest BCUT2D eigenvalue weighted by Gasteiger charge is 2.40. The Labute approximate surface area is 268 Å². The van der Waals surface area contributed by atoms with Crippen LogP contribution in [0.25, 0.3) is 0 Å². The Hall–Kier alpha value is -4.17. The summed E-state index contributed by atoms with van der Waals surface area (Å²) in [5.74, 6) is -6.44. The average Bonchev–Trinajstić information content (AvgIpc) is 2.93. The van der Waals surface area contributed by atoms with Crippen LogP contribution in [-0.2, 0) is 39.1 Å². The molecule has 0 N–H and O–H groups in total. The van der Waals surface area contributed by atoms with E-state index in [4.69, 9.17) is 39.1 Å². The first kappa shape index (κ1) is 38.0. The summed E-state index contributed by atoms with van der Waals surface area (Å²) in [5.41, 5.74) is -7.97. The molecule has 46 heavy (non-hydrogen) atoms. The molecule has 0 saturated carbocycles. The van der Waals surface area contributed by atoms with Crippen LogP contribution in [0.4, 0.5) is 0 Å².